The molecule has 1 N–H and O–H groups in total. The van der Waals surface area contributed by atoms with Crippen molar-refractivity contribution in [1.29, 1.82) is 0 Å². The Bertz CT molecular complexity index is 584. The third kappa shape index (κ3) is 4.05. The Morgan fingerprint density at radius 3 is 2.78 bits per heavy atom. The highest BCUT2D eigenvalue weighted by Crippen LogP contribution is 2.22. The molecule has 2 amide bonds. The predicted octanol–water partition coefficient (Wildman–Crippen LogP) is 1.91. The Labute approximate surface area is 150 Å². The Hall–Kier alpha value is -1.11. The molecule has 2 heterocycles. The number of carbonyl (C=O) groups excluding carboxylic acids is 2. The molecule has 1 aromatic carbocycles. The number of carbonyl (C=O) groups is 2. The molecular weight excluding hydrogens is 382 g/mol. The summed E-state index contributed by atoms with van der Waals surface area (Å²) in [5, 5.41) is 3.09. The second-order valence-corrected chi connectivity index (χ2v) is 6.65. The maximum atomic E-state index is 12.7. The van der Waals surface area contributed by atoms with Gasteiger partial charge in [-0.15, -0.1) is 12.4 Å². The van der Waals surface area contributed by atoms with Crippen molar-refractivity contribution < 1.29 is 9.59 Å². The summed E-state index contributed by atoms with van der Waals surface area (Å²) in [6.45, 7) is 3.37. The molecule has 2 fully saturated rings. The monoisotopic (exact) mass is 401 g/mol. The van der Waals surface area contributed by atoms with Crippen LogP contribution in [0.1, 0.15) is 23.2 Å². The van der Waals surface area contributed by atoms with Gasteiger partial charge in [-0.2, -0.15) is 0 Å². The lowest BCUT2D eigenvalue weighted by molar-refractivity contribution is -0.135. The zero-order valence-electron chi connectivity index (χ0n) is 12.8. The number of hydrogen-bond donors (Lipinski definition) is 1. The van der Waals surface area contributed by atoms with E-state index in [1.165, 1.54) is 0 Å². The van der Waals surface area contributed by atoms with Gasteiger partial charge in [0.25, 0.3) is 5.91 Å². The first-order valence-electron chi connectivity index (χ1n) is 7.71. The summed E-state index contributed by atoms with van der Waals surface area (Å²) in [5.74, 6) is 0.186. The largest absolute Gasteiger partial charge is 0.337 e. The molecule has 1 atom stereocenters. The number of piperazine rings is 1. The minimum atomic E-state index is 0. The van der Waals surface area contributed by atoms with E-state index in [0.717, 1.165) is 36.9 Å². The Morgan fingerprint density at radius 1 is 1.26 bits per heavy atom. The Kier molecular flexibility index (Phi) is 6.44. The summed E-state index contributed by atoms with van der Waals surface area (Å²) in [7, 11) is 0. The third-order valence-electron chi connectivity index (χ3n) is 4.35. The fourth-order valence-corrected chi connectivity index (χ4v) is 3.66. The van der Waals surface area contributed by atoms with E-state index >= 15 is 0 Å². The van der Waals surface area contributed by atoms with E-state index in [1.54, 1.807) is 0 Å². The fourth-order valence-electron chi connectivity index (χ4n) is 3.21. The molecule has 7 heteroatoms. The molecule has 2 aliphatic rings. The van der Waals surface area contributed by atoms with E-state index in [9.17, 15) is 9.59 Å². The first kappa shape index (κ1) is 18.2. The number of piperidine rings is 1. The van der Waals surface area contributed by atoms with Gasteiger partial charge in [0.15, 0.2) is 0 Å². The van der Waals surface area contributed by atoms with E-state index in [0.29, 0.717) is 18.7 Å². The summed E-state index contributed by atoms with van der Waals surface area (Å²) < 4.78 is 0.820. The van der Waals surface area contributed by atoms with Crippen molar-refractivity contribution in [3.8, 4) is 0 Å². The van der Waals surface area contributed by atoms with Gasteiger partial charge in [-0.3, -0.25) is 9.59 Å². The molecule has 126 valence electrons. The lowest BCUT2D eigenvalue weighted by atomic mass is 10.0. The summed E-state index contributed by atoms with van der Waals surface area (Å²) in [5.41, 5.74) is 0.690. The number of amides is 2. The van der Waals surface area contributed by atoms with Crippen molar-refractivity contribution >= 4 is 40.2 Å². The van der Waals surface area contributed by atoms with Crippen LogP contribution >= 0.6 is 28.3 Å². The summed E-state index contributed by atoms with van der Waals surface area (Å²) in [6.07, 6.45) is 1.92. The van der Waals surface area contributed by atoms with Crippen molar-refractivity contribution in [2.24, 2.45) is 0 Å². The standard InChI is InChI=1S/C16H20BrN3O2.ClH/c17-14-6-2-1-5-13(14)16(22)19-8-3-4-12(11-19)20-9-7-18-10-15(20)21;/h1-2,5-6,12,18H,3-4,7-11H2;1H. The molecule has 5 nitrogen and oxygen atoms in total. The number of rotatable bonds is 2. The van der Waals surface area contributed by atoms with Gasteiger partial charge in [0.2, 0.25) is 5.91 Å². The predicted molar refractivity (Wildman–Crippen MR) is 94.9 cm³/mol. The number of halogens is 2. The molecule has 23 heavy (non-hydrogen) atoms. The van der Waals surface area contributed by atoms with E-state index in [-0.39, 0.29) is 30.3 Å². The maximum Gasteiger partial charge on any atom is 0.255 e. The van der Waals surface area contributed by atoms with Gasteiger partial charge in [0.1, 0.15) is 0 Å². The zero-order chi connectivity index (χ0) is 15.5. The van der Waals surface area contributed by atoms with E-state index in [2.05, 4.69) is 21.2 Å². The Balaban J connectivity index is 0.00000192. The normalized spacial score (nSPS) is 21.8. The van der Waals surface area contributed by atoms with E-state index < -0.39 is 0 Å². The highest BCUT2D eigenvalue weighted by Gasteiger charge is 2.32. The van der Waals surface area contributed by atoms with Crippen LogP contribution in [0.5, 0.6) is 0 Å². The minimum Gasteiger partial charge on any atom is -0.337 e. The molecular formula is C16H21BrClN3O2. The molecule has 1 aromatic rings. The second kappa shape index (κ2) is 8.13. The third-order valence-corrected chi connectivity index (χ3v) is 5.05. The fraction of sp³-hybridized carbons (Fsp3) is 0.500. The van der Waals surface area contributed by atoms with Gasteiger partial charge in [0.05, 0.1) is 12.1 Å². The molecule has 0 radical (unpaired) electrons. The van der Waals surface area contributed by atoms with Crippen LogP contribution in [0, 0.1) is 0 Å². The van der Waals surface area contributed by atoms with E-state index in [1.807, 2.05) is 34.1 Å². The number of benzene rings is 1. The quantitative estimate of drug-likeness (QED) is 0.822. The van der Waals surface area contributed by atoms with Crippen LogP contribution in [0.3, 0.4) is 0 Å². The van der Waals surface area contributed by atoms with Gasteiger partial charge in [-0.25, -0.2) is 0 Å². The van der Waals surface area contributed by atoms with Crippen LogP contribution in [-0.2, 0) is 4.79 Å². The first-order chi connectivity index (χ1) is 10.7. The maximum absolute atomic E-state index is 12.7. The number of nitrogens with one attached hydrogen (secondary N) is 1. The lowest BCUT2D eigenvalue weighted by Crippen LogP contribution is -2.57. The molecule has 1 unspecified atom stereocenters. The van der Waals surface area contributed by atoms with E-state index in [4.69, 9.17) is 0 Å². The minimum absolute atomic E-state index is 0. The van der Waals surface area contributed by atoms with Crippen molar-refractivity contribution in [2.75, 3.05) is 32.7 Å². The van der Waals surface area contributed by atoms with Gasteiger partial charge >= 0.3 is 0 Å². The molecule has 0 spiro atoms. The number of nitrogens with zero attached hydrogens (tertiary/aromatic N) is 2. The van der Waals surface area contributed by atoms with Crippen molar-refractivity contribution in [3.63, 3.8) is 0 Å². The van der Waals surface area contributed by atoms with Crippen LogP contribution in [0.25, 0.3) is 0 Å². The Morgan fingerprint density at radius 2 is 2.04 bits per heavy atom. The van der Waals surface area contributed by atoms with Crippen molar-refractivity contribution in [2.45, 2.75) is 18.9 Å². The SMILES string of the molecule is Cl.O=C(c1ccccc1Br)N1CCCC(N2CCNCC2=O)C1. The van der Waals surface area contributed by atoms with Gasteiger partial charge in [-0.1, -0.05) is 12.1 Å². The van der Waals surface area contributed by atoms with Gasteiger partial charge in [-0.05, 0) is 40.9 Å². The zero-order valence-corrected chi connectivity index (χ0v) is 15.2. The van der Waals surface area contributed by atoms with Crippen LogP contribution < -0.4 is 5.32 Å². The van der Waals surface area contributed by atoms with Crippen molar-refractivity contribution in [1.82, 2.24) is 15.1 Å². The molecule has 2 saturated heterocycles. The second-order valence-electron chi connectivity index (χ2n) is 5.79. The van der Waals surface area contributed by atoms with Crippen LogP contribution in [0.4, 0.5) is 0 Å². The number of hydrogen-bond acceptors (Lipinski definition) is 3. The van der Waals surface area contributed by atoms with Crippen molar-refractivity contribution in [3.05, 3.63) is 34.3 Å². The topological polar surface area (TPSA) is 52.7 Å². The summed E-state index contributed by atoms with van der Waals surface area (Å²) in [4.78, 5) is 28.6. The molecule has 0 aliphatic carbocycles. The first-order valence-corrected chi connectivity index (χ1v) is 8.50. The molecule has 2 aliphatic heterocycles. The molecule has 0 bridgehead atoms. The summed E-state index contributed by atoms with van der Waals surface area (Å²) >= 11 is 3.44. The van der Waals surface area contributed by atoms with Crippen LogP contribution in [0.15, 0.2) is 28.7 Å². The van der Waals surface area contributed by atoms with Gasteiger partial charge in [0, 0.05) is 36.7 Å². The average molecular weight is 403 g/mol. The number of likely N-dealkylation sites (tertiary alicyclic amines) is 1. The highest BCUT2D eigenvalue weighted by molar-refractivity contribution is 9.10. The molecule has 0 aromatic heterocycles. The van der Waals surface area contributed by atoms with Crippen LogP contribution in [-0.4, -0.2) is 60.4 Å². The highest BCUT2D eigenvalue weighted by atomic mass is 79.9. The van der Waals surface area contributed by atoms with Crippen LogP contribution in [0.2, 0.25) is 0 Å². The molecule has 3 rings (SSSR count). The average Bonchev–Trinajstić information content (AvgIpc) is 2.55. The summed E-state index contributed by atoms with van der Waals surface area (Å²) in [6, 6.07) is 7.65. The molecule has 0 saturated carbocycles. The smallest absolute Gasteiger partial charge is 0.255 e. The van der Waals surface area contributed by atoms with Gasteiger partial charge < -0.3 is 15.1 Å². The lowest BCUT2D eigenvalue weighted by Gasteiger charge is -2.41.